The second kappa shape index (κ2) is 6.77. The Bertz CT molecular complexity index is 584. The van der Waals surface area contributed by atoms with Crippen LogP contribution in [0.1, 0.15) is 24.1 Å². The highest BCUT2D eigenvalue weighted by Crippen LogP contribution is 2.31. The van der Waals surface area contributed by atoms with Crippen LogP contribution in [-0.2, 0) is 6.61 Å². The average molecular weight is 336 g/mol. The van der Waals surface area contributed by atoms with Crippen molar-refractivity contribution in [2.75, 3.05) is 7.11 Å². The van der Waals surface area contributed by atoms with E-state index in [1.54, 1.807) is 7.11 Å². The fraction of sp³-hybridized carbons (Fsp3) is 0.250. The summed E-state index contributed by atoms with van der Waals surface area (Å²) in [5, 5.41) is 0. The molecule has 20 heavy (non-hydrogen) atoms. The standard InChI is InChI=1S/C16H18BrNO2/c1-11(18)12-7-8-15(16(9-12)19-2)20-10-13-5-3-4-6-14(13)17/h3-9,11H,10,18H2,1-2H3. The first-order valence-corrected chi connectivity index (χ1v) is 7.21. The Morgan fingerprint density at radius 2 is 1.90 bits per heavy atom. The molecule has 3 nitrogen and oxygen atoms in total. The number of ether oxygens (including phenoxy) is 2. The number of methoxy groups -OCH3 is 1. The quantitative estimate of drug-likeness (QED) is 0.896. The second-order valence-electron chi connectivity index (χ2n) is 4.58. The van der Waals surface area contributed by atoms with Crippen LogP contribution in [-0.4, -0.2) is 7.11 Å². The maximum absolute atomic E-state index is 5.87. The average Bonchev–Trinajstić information content (AvgIpc) is 2.46. The molecule has 0 bridgehead atoms. The topological polar surface area (TPSA) is 44.5 Å². The van der Waals surface area contributed by atoms with E-state index >= 15 is 0 Å². The fourth-order valence-corrected chi connectivity index (χ4v) is 2.26. The third-order valence-electron chi connectivity index (χ3n) is 3.05. The molecule has 0 saturated carbocycles. The van der Waals surface area contributed by atoms with Gasteiger partial charge < -0.3 is 15.2 Å². The molecule has 0 radical (unpaired) electrons. The van der Waals surface area contributed by atoms with Crippen LogP contribution in [0.3, 0.4) is 0 Å². The van der Waals surface area contributed by atoms with Gasteiger partial charge in [0.1, 0.15) is 6.61 Å². The number of hydrogen-bond acceptors (Lipinski definition) is 3. The van der Waals surface area contributed by atoms with E-state index in [2.05, 4.69) is 15.9 Å². The van der Waals surface area contributed by atoms with Crippen LogP contribution in [0.2, 0.25) is 0 Å². The van der Waals surface area contributed by atoms with Gasteiger partial charge in [0.25, 0.3) is 0 Å². The third-order valence-corrected chi connectivity index (χ3v) is 3.83. The van der Waals surface area contributed by atoms with Crippen molar-refractivity contribution in [2.24, 2.45) is 5.73 Å². The Balaban J connectivity index is 2.15. The first kappa shape index (κ1) is 14.9. The Morgan fingerprint density at radius 3 is 2.55 bits per heavy atom. The van der Waals surface area contributed by atoms with Crippen LogP contribution >= 0.6 is 15.9 Å². The minimum Gasteiger partial charge on any atom is -0.493 e. The van der Waals surface area contributed by atoms with Gasteiger partial charge in [0, 0.05) is 16.1 Å². The lowest BCUT2D eigenvalue weighted by Crippen LogP contribution is -2.05. The molecule has 106 valence electrons. The summed E-state index contributed by atoms with van der Waals surface area (Å²) in [6.07, 6.45) is 0. The van der Waals surface area contributed by atoms with Crippen molar-refractivity contribution in [3.8, 4) is 11.5 Å². The summed E-state index contributed by atoms with van der Waals surface area (Å²) in [6, 6.07) is 13.7. The number of nitrogens with two attached hydrogens (primary N) is 1. The van der Waals surface area contributed by atoms with Crippen molar-refractivity contribution in [1.82, 2.24) is 0 Å². The lowest BCUT2D eigenvalue weighted by atomic mass is 10.1. The Hall–Kier alpha value is -1.52. The molecule has 2 N–H and O–H groups in total. The van der Waals surface area contributed by atoms with E-state index in [9.17, 15) is 0 Å². The number of hydrogen-bond donors (Lipinski definition) is 1. The molecule has 0 spiro atoms. The molecule has 0 aliphatic heterocycles. The maximum Gasteiger partial charge on any atom is 0.161 e. The number of benzene rings is 2. The van der Waals surface area contributed by atoms with E-state index in [-0.39, 0.29) is 6.04 Å². The summed E-state index contributed by atoms with van der Waals surface area (Å²) < 4.78 is 12.2. The summed E-state index contributed by atoms with van der Waals surface area (Å²) in [6.45, 7) is 2.42. The van der Waals surface area contributed by atoms with Gasteiger partial charge in [-0.05, 0) is 30.7 Å². The highest BCUT2D eigenvalue weighted by atomic mass is 79.9. The largest absolute Gasteiger partial charge is 0.493 e. The normalized spacial score (nSPS) is 12.0. The van der Waals surface area contributed by atoms with Gasteiger partial charge in [-0.1, -0.05) is 40.2 Å². The number of rotatable bonds is 5. The smallest absolute Gasteiger partial charge is 0.161 e. The van der Waals surface area contributed by atoms with Crippen molar-refractivity contribution in [2.45, 2.75) is 19.6 Å². The van der Waals surface area contributed by atoms with E-state index in [0.717, 1.165) is 15.6 Å². The zero-order valence-corrected chi connectivity index (χ0v) is 13.2. The van der Waals surface area contributed by atoms with Crippen molar-refractivity contribution in [3.63, 3.8) is 0 Å². The van der Waals surface area contributed by atoms with Crippen LogP contribution in [0.15, 0.2) is 46.9 Å². The molecule has 2 rings (SSSR count). The molecule has 0 aromatic heterocycles. The molecule has 0 aliphatic rings. The van der Waals surface area contributed by atoms with Gasteiger partial charge in [-0.25, -0.2) is 0 Å². The van der Waals surface area contributed by atoms with Crippen LogP contribution in [0.25, 0.3) is 0 Å². The molecule has 0 fully saturated rings. The fourth-order valence-electron chi connectivity index (χ4n) is 1.86. The lowest BCUT2D eigenvalue weighted by Gasteiger charge is -2.14. The Morgan fingerprint density at radius 1 is 1.15 bits per heavy atom. The van der Waals surface area contributed by atoms with Gasteiger partial charge in [0.05, 0.1) is 7.11 Å². The Kier molecular flexibility index (Phi) is 5.04. The van der Waals surface area contributed by atoms with E-state index in [4.69, 9.17) is 15.2 Å². The zero-order chi connectivity index (χ0) is 14.5. The molecule has 2 aromatic carbocycles. The SMILES string of the molecule is COc1cc(C(C)N)ccc1OCc1ccccc1Br. The highest BCUT2D eigenvalue weighted by Gasteiger charge is 2.09. The van der Waals surface area contributed by atoms with Gasteiger partial charge in [-0.2, -0.15) is 0 Å². The first-order valence-electron chi connectivity index (χ1n) is 6.41. The predicted octanol–water partition coefficient (Wildman–Crippen LogP) is 4.06. The van der Waals surface area contributed by atoms with E-state index < -0.39 is 0 Å². The van der Waals surface area contributed by atoms with Crippen LogP contribution in [0, 0.1) is 0 Å². The van der Waals surface area contributed by atoms with Gasteiger partial charge in [0.2, 0.25) is 0 Å². The molecule has 4 heteroatoms. The van der Waals surface area contributed by atoms with Crippen molar-refractivity contribution in [1.29, 1.82) is 0 Å². The molecule has 1 unspecified atom stereocenters. The van der Waals surface area contributed by atoms with Crippen molar-refractivity contribution >= 4 is 15.9 Å². The highest BCUT2D eigenvalue weighted by molar-refractivity contribution is 9.10. The van der Waals surface area contributed by atoms with E-state index in [1.807, 2.05) is 49.4 Å². The van der Waals surface area contributed by atoms with Gasteiger partial charge in [0.15, 0.2) is 11.5 Å². The van der Waals surface area contributed by atoms with E-state index in [1.165, 1.54) is 0 Å². The summed E-state index contributed by atoms with van der Waals surface area (Å²) >= 11 is 3.51. The lowest BCUT2D eigenvalue weighted by molar-refractivity contribution is 0.283. The van der Waals surface area contributed by atoms with Crippen LogP contribution in [0.5, 0.6) is 11.5 Å². The maximum atomic E-state index is 5.87. The number of halogens is 1. The molecular formula is C16H18BrNO2. The third kappa shape index (κ3) is 3.52. The molecule has 0 aliphatic carbocycles. The van der Waals surface area contributed by atoms with Crippen molar-refractivity contribution < 1.29 is 9.47 Å². The molecule has 0 amide bonds. The van der Waals surface area contributed by atoms with Gasteiger partial charge in [-0.15, -0.1) is 0 Å². The minimum absolute atomic E-state index is 0.0267. The summed E-state index contributed by atoms with van der Waals surface area (Å²) in [4.78, 5) is 0. The monoisotopic (exact) mass is 335 g/mol. The van der Waals surface area contributed by atoms with E-state index in [0.29, 0.717) is 18.1 Å². The van der Waals surface area contributed by atoms with Crippen LogP contribution in [0.4, 0.5) is 0 Å². The first-order chi connectivity index (χ1) is 9.61. The van der Waals surface area contributed by atoms with Gasteiger partial charge in [-0.3, -0.25) is 0 Å². The summed E-state index contributed by atoms with van der Waals surface area (Å²) in [5.74, 6) is 1.42. The molecule has 0 heterocycles. The summed E-state index contributed by atoms with van der Waals surface area (Å²) in [7, 11) is 1.63. The molecular weight excluding hydrogens is 318 g/mol. The predicted molar refractivity (Wildman–Crippen MR) is 84.1 cm³/mol. The molecule has 0 saturated heterocycles. The van der Waals surface area contributed by atoms with Crippen LogP contribution < -0.4 is 15.2 Å². The molecule has 1 atom stereocenters. The Labute approximate surface area is 127 Å². The van der Waals surface area contributed by atoms with Crippen molar-refractivity contribution in [3.05, 3.63) is 58.1 Å². The molecule has 2 aromatic rings. The minimum atomic E-state index is -0.0267. The second-order valence-corrected chi connectivity index (χ2v) is 5.43. The zero-order valence-electron chi connectivity index (χ0n) is 11.6. The van der Waals surface area contributed by atoms with Gasteiger partial charge >= 0.3 is 0 Å². The summed E-state index contributed by atoms with van der Waals surface area (Å²) in [5.41, 5.74) is 7.98.